The largest absolute Gasteiger partial charge is 1.00 e. The molecule has 2 N–H and O–H groups in total. The Balaban J connectivity index is 0.00000507. The van der Waals surface area contributed by atoms with Crippen LogP contribution in [0, 0.1) is 11.8 Å². The molecule has 40 heavy (non-hydrogen) atoms. The number of nitrogens with zero attached hydrogens (tertiary/aromatic N) is 2. The predicted molar refractivity (Wildman–Crippen MR) is 130 cm³/mol. The number of nitrogens with one attached hydrogen (secondary N) is 1. The second-order valence-corrected chi connectivity index (χ2v) is 13.1. The van der Waals surface area contributed by atoms with Gasteiger partial charge < -0.3 is 24.3 Å². The van der Waals surface area contributed by atoms with Crippen LogP contribution in [0.4, 0.5) is 0 Å². The summed E-state index contributed by atoms with van der Waals surface area (Å²) in [4.78, 5) is 17.0. The van der Waals surface area contributed by atoms with Crippen molar-refractivity contribution in [2.45, 2.75) is 92.4 Å². The molecule has 3 fully saturated rings. The Hall–Kier alpha value is 2.04. The summed E-state index contributed by atoms with van der Waals surface area (Å²) in [6, 6.07) is -3.03. The maximum absolute atomic E-state index is 11.9. The van der Waals surface area contributed by atoms with Crippen LogP contribution in [0.3, 0.4) is 0 Å². The van der Waals surface area contributed by atoms with Crippen molar-refractivity contribution in [3.05, 3.63) is 0 Å². The van der Waals surface area contributed by atoms with Crippen molar-refractivity contribution in [3.8, 4) is 0 Å². The van der Waals surface area contributed by atoms with Gasteiger partial charge >= 0.3 is 59.1 Å². The minimum atomic E-state index is -4.74. The van der Waals surface area contributed by atoms with Gasteiger partial charge in [0.15, 0.2) is 0 Å². The molecule has 21 heteroatoms. The number of aliphatic hydroxyl groups excluding tert-OH is 1. The summed E-state index contributed by atoms with van der Waals surface area (Å²) in [5.41, 5.74) is 0. The van der Waals surface area contributed by atoms with Crippen molar-refractivity contribution in [2.24, 2.45) is 22.1 Å². The molecule has 0 aliphatic heterocycles. The van der Waals surface area contributed by atoms with Crippen LogP contribution in [0.15, 0.2) is 10.2 Å². The summed E-state index contributed by atoms with van der Waals surface area (Å²) in [6.45, 7) is 1.22. The van der Waals surface area contributed by atoms with Gasteiger partial charge in [0.1, 0.15) is 12.1 Å². The molecule has 15 nitrogen and oxygen atoms in total. The zero-order valence-corrected chi connectivity index (χ0v) is 31.6. The summed E-state index contributed by atoms with van der Waals surface area (Å²) < 4.78 is 80.4. The van der Waals surface area contributed by atoms with Crippen molar-refractivity contribution in [2.75, 3.05) is 7.11 Å². The van der Waals surface area contributed by atoms with E-state index in [2.05, 4.69) is 37.8 Å². The third-order valence-electron chi connectivity index (χ3n) is 7.50. The fourth-order valence-electron chi connectivity index (χ4n) is 5.87. The van der Waals surface area contributed by atoms with Gasteiger partial charge in [-0.05, 0) is 44.4 Å². The molecule has 0 aromatic carbocycles. The third kappa shape index (κ3) is 11.1. The average molecular weight is 659 g/mol. The van der Waals surface area contributed by atoms with Gasteiger partial charge in [-0.3, -0.25) is 4.79 Å². The normalized spacial score (nSPS) is 36.4. The maximum Gasteiger partial charge on any atom is 1.00 e. The average Bonchev–Trinajstić information content (AvgIpc) is 2.80. The van der Waals surface area contributed by atoms with Crippen LogP contribution in [0.25, 0.3) is 0 Å². The van der Waals surface area contributed by atoms with Crippen molar-refractivity contribution in [1.29, 1.82) is 0 Å². The first-order chi connectivity index (χ1) is 17.3. The van der Waals surface area contributed by atoms with Crippen molar-refractivity contribution in [1.82, 2.24) is 5.32 Å². The van der Waals surface area contributed by atoms with Gasteiger partial charge in [-0.25, -0.2) is 16.8 Å². The van der Waals surface area contributed by atoms with Gasteiger partial charge in [0, 0.05) is 68.5 Å². The summed E-state index contributed by atoms with van der Waals surface area (Å²) in [5, 5.41) is 24.0. The zero-order valence-electron chi connectivity index (χ0n) is 23.1. The SMILES string of the molecule is COC1CCC(N=NC2C(OOOS)CC3CC(S(=O)(=O)[O-])CC(NC(C)=O)C3C2O)C(S(=O)(=O)[O-])C1.[Na+].[Na+].[Na]. The number of carbonyl (C=O) groups is 1. The van der Waals surface area contributed by atoms with Crippen LogP contribution in [-0.4, -0.2) is 121 Å². The van der Waals surface area contributed by atoms with E-state index in [1.165, 1.54) is 14.0 Å². The summed E-state index contributed by atoms with van der Waals surface area (Å²) in [5.74, 6) is -1.81. The van der Waals surface area contributed by atoms with Gasteiger partial charge in [-0.15, -0.1) is 4.33 Å². The minimum Gasteiger partial charge on any atom is -0.748 e. The number of hydrogen-bond donors (Lipinski definition) is 3. The van der Waals surface area contributed by atoms with E-state index in [1.54, 1.807) is 0 Å². The van der Waals surface area contributed by atoms with E-state index in [0.717, 1.165) is 0 Å². The molecular weight excluding hydrogens is 627 g/mol. The molecule has 3 saturated carbocycles. The number of thiol groups is 1. The molecule has 0 heterocycles. The van der Waals surface area contributed by atoms with Gasteiger partial charge in [-0.1, -0.05) is 5.04 Å². The topological polar surface area (TPSA) is 225 Å². The van der Waals surface area contributed by atoms with Crippen LogP contribution < -0.4 is 64.4 Å². The van der Waals surface area contributed by atoms with E-state index in [4.69, 9.17) is 9.62 Å². The number of ether oxygens (including phenoxy) is 1. The molecule has 0 saturated heterocycles. The molecule has 1 amide bonds. The molecule has 0 spiro atoms. The fourth-order valence-corrected chi connectivity index (χ4v) is 7.86. The van der Waals surface area contributed by atoms with Crippen LogP contribution >= 0.6 is 12.9 Å². The van der Waals surface area contributed by atoms with Gasteiger partial charge in [-0.2, -0.15) is 15.1 Å². The van der Waals surface area contributed by atoms with E-state index in [9.17, 15) is 35.8 Å². The number of carbonyl (C=O) groups excluding carboxylic acids is 1. The quantitative estimate of drug-likeness (QED) is 0.0400. The Bertz CT molecular complexity index is 1060. The summed E-state index contributed by atoms with van der Waals surface area (Å²) >= 11 is 3.42. The Kier molecular flexibility index (Phi) is 19.2. The van der Waals surface area contributed by atoms with Crippen LogP contribution in [-0.2, 0) is 44.0 Å². The second-order valence-electron chi connectivity index (χ2n) is 9.73. The Morgan fingerprint density at radius 3 is 2.20 bits per heavy atom. The molecule has 3 aliphatic rings. The van der Waals surface area contributed by atoms with E-state index in [1.807, 2.05) is 0 Å². The molecular formula is C19H31N3Na3O12S3. The smallest absolute Gasteiger partial charge is 0.748 e. The minimum absolute atomic E-state index is 0. The zero-order chi connectivity index (χ0) is 27.5. The van der Waals surface area contributed by atoms with E-state index >= 15 is 0 Å². The molecule has 0 aromatic heterocycles. The first kappa shape index (κ1) is 42.0. The molecule has 10 unspecified atom stereocenters. The first-order valence-corrected chi connectivity index (χ1v) is 15.0. The Labute approximate surface area is 305 Å². The molecule has 215 valence electrons. The molecule has 0 aromatic rings. The number of hydrogen-bond acceptors (Lipinski definition) is 15. The number of aliphatic hydroxyl groups is 1. The van der Waals surface area contributed by atoms with Crippen molar-refractivity contribution in [3.63, 3.8) is 0 Å². The standard InChI is InChI=1S/C19H33N3O12S3.3Na/c1-9(23)20-14-8-12(36(25,26)27)5-10-6-15(32-33-34-35)18(19(24)17(10)14)22-21-13-4-3-11(31-2)7-16(13)37(28,29)30;;;/h10-19,24,35H,3-8H2,1-2H3,(H,20,23)(H,25,26,27)(H,28,29,30);;;/q;;2*+1/p-2. The summed E-state index contributed by atoms with van der Waals surface area (Å²) in [7, 11) is -8.02. The van der Waals surface area contributed by atoms with E-state index in [0.29, 0.717) is 6.42 Å². The second kappa shape index (κ2) is 18.3. The molecule has 0 bridgehead atoms. The van der Waals surface area contributed by atoms with Gasteiger partial charge in [0.2, 0.25) is 5.91 Å². The predicted octanol–water partition coefficient (Wildman–Crippen LogP) is -6.78. The number of fused-ring (bicyclic) bond motifs is 1. The first-order valence-electron chi connectivity index (χ1n) is 11.7. The van der Waals surface area contributed by atoms with Crippen LogP contribution in [0.1, 0.15) is 45.4 Å². The summed E-state index contributed by atoms with van der Waals surface area (Å²) in [6.07, 6.45) is -2.56. The third-order valence-corrected chi connectivity index (χ3v) is 10.0. The fraction of sp³-hybridized carbons (Fsp3) is 0.947. The van der Waals surface area contributed by atoms with Gasteiger partial charge in [0.25, 0.3) is 0 Å². The molecule has 10 atom stereocenters. The maximum atomic E-state index is 11.9. The number of azo groups is 1. The van der Waals surface area contributed by atoms with Crippen molar-refractivity contribution >= 4 is 68.6 Å². The number of rotatable bonds is 9. The van der Waals surface area contributed by atoms with E-state index in [-0.39, 0.29) is 121 Å². The monoisotopic (exact) mass is 658 g/mol. The van der Waals surface area contributed by atoms with Crippen molar-refractivity contribution < 1.29 is 114 Å². The van der Waals surface area contributed by atoms with Gasteiger partial charge in [0.05, 0.1) is 49.0 Å². The Morgan fingerprint density at radius 1 is 1.02 bits per heavy atom. The van der Waals surface area contributed by atoms with Crippen LogP contribution in [0.2, 0.25) is 0 Å². The molecule has 1 radical (unpaired) electrons. The Morgan fingerprint density at radius 2 is 1.68 bits per heavy atom. The van der Waals surface area contributed by atoms with E-state index < -0.39 is 84.9 Å². The number of methoxy groups -OCH3 is 1. The molecule has 3 rings (SSSR count). The molecule has 3 aliphatic carbocycles. The van der Waals surface area contributed by atoms with Crippen LogP contribution in [0.5, 0.6) is 0 Å². The number of amides is 1.